The molecule has 0 radical (unpaired) electrons. The molecule has 6 heteroatoms. The number of benzene rings is 1. The Balaban J connectivity index is 1.57. The van der Waals surface area contributed by atoms with Gasteiger partial charge in [-0.3, -0.25) is 4.79 Å². The normalized spacial score (nSPS) is 20.0. The average molecular weight is 319 g/mol. The Hall–Kier alpha value is -2.24. The lowest BCUT2D eigenvalue weighted by molar-refractivity contribution is -0.137. The first kappa shape index (κ1) is 15.6. The second-order valence-corrected chi connectivity index (χ2v) is 5.87. The number of esters is 1. The third-order valence-electron chi connectivity index (χ3n) is 4.23. The standard InChI is InChI=1S/C17H21NO5/c1-12-4-2-3-7-18(12)16(19)11-23-17(20)13-5-6-14-15(10-13)22-9-8-21-14/h5-6,10,12H,2-4,7-9,11H2,1H3/t12-/m1/s1. The lowest BCUT2D eigenvalue weighted by Gasteiger charge is -2.33. The molecule has 0 saturated carbocycles. The number of hydrogen-bond acceptors (Lipinski definition) is 5. The van der Waals surface area contributed by atoms with E-state index in [0.717, 1.165) is 25.8 Å². The van der Waals surface area contributed by atoms with Crippen LogP contribution in [0.15, 0.2) is 18.2 Å². The predicted octanol–water partition coefficient (Wildman–Crippen LogP) is 2.02. The summed E-state index contributed by atoms with van der Waals surface area (Å²) in [6.45, 7) is 3.50. The topological polar surface area (TPSA) is 65.1 Å². The summed E-state index contributed by atoms with van der Waals surface area (Å²) in [6.07, 6.45) is 3.15. The highest BCUT2D eigenvalue weighted by molar-refractivity contribution is 5.92. The lowest BCUT2D eigenvalue weighted by atomic mass is 10.0. The summed E-state index contributed by atoms with van der Waals surface area (Å²) < 4.78 is 16.0. The van der Waals surface area contributed by atoms with Crippen molar-refractivity contribution in [2.75, 3.05) is 26.4 Å². The number of nitrogens with zero attached hydrogens (tertiary/aromatic N) is 1. The highest BCUT2D eigenvalue weighted by Gasteiger charge is 2.24. The van der Waals surface area contributed by atoms with Gasteiger partial charge in [-0.1, -0.05) is 0 Å². The van der Waals surface area contributed by atoms with Crippen LogP contribution in [-0.4, -0.2) is 49.2 Å². The largest absolute Gasteiger partial charge is 0.486 e. The van der Waals surface area contributed by atoms with E-state index in [-0.39, 0.29) is 18.6 Å². The minimum Gasteiger partial charge on any atom is -0.486 e. The molecule has 2 aliphatic heterocycles. The number of fused-ring (bicyclic) bond motifs is 1. The summed E-state index contributed by atoms with van der Waals surface area (Å²) in [6, 6.07) is 5.10. The number of rotatable bonds is 3. The second-order valence-electron chi connectivity index (χ2n) is 5.87. The molecule has 6 nitrogen and oxygen atoms in total. The highest BCUT2D eigenvalue weighted by atomic mass is 16.6. The molecule has 0 bridgehead atoms. The van der Waals surface area contributed by atoms with Crippen molar-refractivity contribution in [2.45, 2.75) is 32.2 Å². The number of ether oxygens (including phenoxy) is 3. The van der Waals surface area contributed by atoms with E-state index in [2.05, 4.69) is 0 Å². The Bertz CT molecular complexity index is 601. The van der Waals surface area contributed by atoms with Crippen LogP contribution in [0.1, 0.15) is 36.5 Å². The van der Waals surface area contributed by atoms with E-state index in [9.17, 15) is 9.59 Å². The van der Waals surface area contributed by atoms with E-state index < -0.39 is 5.97 Å². The van der Waals surface area contributed by atoms with E-state index >= 15 is 0 Å². The van der Waals surface area contributed by atoms with Gasteiger partial charge in [0.2, 0.25) is 0 Å². The minimum absolute atomic E-state index is 0.136. The van der Waals surface area contributed by atoms with Gasteiger partial charge in [0.1, 0.15) is 13.2 Å². The number of amides is 1. The molecule has 0 aromatic heterocycles. The number of carbonyl (C=O) groups is 2. The number of hydrogen-bond donors (Lipinski definition) is 0. The van der Waals surface area contributed by atoms with Crippen molar-refractivity contribution in [1.82, 2.24) is 4.90 Å². The van der Waals surface area contributed by atoms with Crippen molar-refractivity contribution < 1.29 is 23.8 Å². The molecule has 124 valence electrons. The van der Waals surface area contributed by atoms with Crippen LogP contribution in [-0.2, 0) is 9.53 Å². The van der Waals surface area contributed by atoms with Gasteiger partial charge < -0.3 is 19.1 Å². The van der Waals surface area contributed by atoms with Crippen LogP contribution in [0.4, 0.5) is 0 Å². The molecule has 23 heavy (non-hydrogen) atoms. The van der Waals surface area contributed by atoms with E-state index in [0.29, 0.717) is 30.3 Å². The van der Waals surface area contributed by atoms with Gasteiger partial charge in [-0.05, 0) is 44.4 Å². The van der Waals surface area contributed by atoms with Crippen LogP contribution < -0.4 is 9.47 Å². The molecule has 0 aliphatic carbocycles. The van der Waals surface area contributed by atoms with Crippen LogP contribution in [0.2, 0.25) is 0 Å². The summed E-state index contributed by atoms with van der Waals surface area (Å²) >= 11 is 0. The summed E-state index contributed by atoms with van der Waals surface area (Å²) in [5, 5.41) is 0. The molecule has 0 unspecified atom stereocenters. The fourth-order valence-corrected chi connectivity index (χ4v) is 2.93. The van der Waals surface area contributed by atoms with E-state index in [1.807, 2.05) is 6.92 Å². The Kier molecular flexibility index (Phi) is 4.69. The molecule has 0 N–H and O–H groups in total. The second kappa shape index (κ2) is 6.89. The fourth-order valence-electron chi connectivity index (χ4n) is 2.93. The molecular formula is C17H21NO5. The average Bonchev–Trinajstić information content (AvgIpc) is 2.59. The van der Waals surface area contributed by atoms with Crippen molar-refractivity contribution in [3.05, 3.63) is 23.8 Å². The maximum atomic E-state index is 12.2. The summed E-state index contributed by atoms with van der Waals surface area (Å²) in [5.41, 5.74) is 0.355. The number of carbonyl (C=O) groups excluding carboxylic acids is 2. The van der Waals surface area contributed by atoms with Gasteiger partial charge in [-0.25, -0.2) is 4.79 Å². The van der Waals surface area contributed by atoms with Gasteiger partial charge in [-0.15, -0.1) is 0 Å². The van der Waals surface area contributed by atoms with Gasteiger partial charge in [0, 0.05) is 12.6 Å². The van der Waals surface area contributed by atoms with Crippen molar-refractivity contribution >= 4 is 11.9 Å². The first-order chi connectivity index (χ1) is 11.1. The van der Waals surface area contributed by atoms with Gasteiger partial charge in [0.15, 0.2) is 18.1 Å². The Morgan fingerprint density at radius 2 is 2.00 bits per heavy atom. The molecule has 1 saturated heterocycles. The SMILES string of the molecule is C[C@@H]1CCCCN1C(=O)COC(=O)c1ccc2c(c1)OCCO2. The van der Waals surface area contributed by atoms with Gasteiger partial charge >= 0.3 is 5.97 Å². The first-order valence-electron chi connectivity index (χ1n) is 8.01. The van der Waals surface area contributed by atoms with Crippen molar-refractivity contribution in [2.24, 2.45) is 0 Å². The van der Waals surface area contributed by atoms with Gasteiger partial charge in [0.05, 0.1) is 5.56 Å². The van der Waals surface area contributed by atoms with Crippen LogP contribution in [0.25, 0.3) is 0 Å². The Morgan fingerprint density at radius 3 is 2.78 bits per heavy atom. The number of likely N-dealkylation sites (tertiary alicyclic amines) is 1. The Labute approximate surface area is 135 Å². The summed E-state index contributed by atoms with van der Waals surface area (Å²) in [7, 11) is 0. The van der Waals surface area contributed by atoms with Gasteiger partial charge in [-0.2, -0.15) is 0 Å². The molecule has 1 atom stereocenters. The molecule has 1 aromatic carbocycles. The fraction of sp³-hybridized carbons (Fsp3) is 0.529. The van der Waals surface area contributed by atoms with Crippen molar-refractivity contribution in [3.8, 4) is 11.5 Å². The molecule has 0 spiro atoms. The first-order valence-corrected chi connectivity index (χ1v) is 8.01. The highest BCUT2D eigenvalue weighted by Crippen LogP contribution is 2.30. The monoisotopic (exact) mass is 319 g/mol. The molecule has 3 rings (SSSR count). The smallest absolute Gasteiger partial charge is 0.338 e. The van der Waals surface area contributed by atoms with Crippen molar-refractivity contribution in [1.29, 1.82) is 0 Å². The van der Waals surface area contributed by atoms with Crippen LogP contribution in [0.3, 0.4) is 0 Å². The zero-order chi connectivity index (χ0) is 16.2. The predicted molar refractivity (Wildman–Crippen MR) is 82.7 cm³/mol. The van der Waals surface area contributed by atoms with E-state index in [1.165, 1.54) is 0 Å². The maximum absolute atomic E-state index is 12.2. The van der Waals surface area contributed by atoms with Crippen LogP contribution in [0, 0.1) is 0 Å². The van der Waals surface area contributed by atoms with E-state index in [1.54, 1.807) is 23.1 Å². The molecule has 1 aromatic rings. The molecule has 1 amide bonds. The lowest BCUT2D eigenvalue weighted by Crippen LogP contribution is -2.44. The maximum Gasteiger partial charge on any atom is 0.338 e. The summed E-state index contributed by atoms with van der Waals surface area (Å²) in [5.74, 6) is 0.482. The molecule has 2 aliphatic rings. The van der Waals surface area contributed by atoms with E-state index in [4.69, 9.17) is 14.2 Å². The van der Waals surface area contributed by atoms with Crippen LogP contribution in [0.5, 0.6) is 11.5 Å². The quantitative estimate of drug-likeness (QED) is 0.798. The third-order valence-corrected chi connectivity index (χ3v) is 4.23. The molecule has 2 heterocycles. The summed E-state index contributed by atoms with van der Waals surface area (Å²) in [4.78, 5) is 26.1. The zero-order valence-corrected chi connectivity index (χ0v) is 13.2. The van der Waals surface area contributed by atoms with Crippen LogP contribution >= 0.6 is 0 Å². The minimum atomic E-state index is -0.528. The van der Waals surface area contributed by atoms with Gasteiger partial charge in [0.25, 0.3) is 5.91 Å². The van der Waals surface area contributed by atoms with Crippen molar-refractivity contribution in [3.63, 3.8) is 0 Å². The Morgan fingerprint density at radius 1 is 1.22 bits per heavy atom. The zero-order valence-electron chi connectivity index (χ0n) is 13.2. The third kappa shape index (κ3) is 3.57. The number of piperidine rings is 1. The molecular weight excluding hydrogens is 298 g/mol. The molecule has 1 fully saturated rings.